The highest BCUT2D eigenvalue weighted by Crippen LogP contribution is 2.42. The van der Waals surface area contributed by atoms with Crippen LogP contribution in [-0.4, -0.2) is 22.9 Å². The van der Waals surface area contributed by atoms with Gasteiger partial charge in [0.15, 0.2) is 5.78 Å². The van der Waals surface area contributed by atoms with Gasteiger partial charge in [0.25, 0.3) is 5.91 Å². The molecule has 0 fully saturated rings. The van der Waals surface area contributed by atoms with Crippen LogP contribution in [0.5, 0.6) is 0 Å². The molecule has 0 unspecified atom stereocenters. The monoisotopic (exact) mass is 405 g/mol. The third-order valence-corrected chi connectivity index (χ3v) is 6.12. The van der Waals surface area contributed by atoms with E-state index in [1.807, 2.05) is 43.5 Å². The highest BCUT2D eigenvalue weighted by atomic mass is 32.2. The van der Waals surface area contributed by atoms with Gasteiger partial charge in [-0.15, -0.1) is 11.8 Å². The molecule has 1 amide bonds. The quantitative estimate of drug-likeness (QED) is 0.738. The Morgan fingerprint density at radius 3 is 2.66 bits per heavy atom. The normalized spacial score (nSPS) is 19.0. The van der Waals surface area contributed by atoms with Crippen molar-refractivity contribution in [1.82, 2.24) is 10.3 Å². The second-order valence-electron chi connectivity index (χ2n) is 7.21. The van der Waals surface area contributed by atoms with E-state index in [0.29, 0.717) is 17.8 Å². The van der Waals surface area contributed by atoms with Crippen molar-refractivity contribution >= 4 is 29.3 Å². The van der Waals surface area contributed by atoms with E-state index in [1.165, 1.54) is 0 Å². The Bertz CT molecular complexity index is 1010. The van der Waals surface area contributed by atoms with E-state index in [-0.39, 0.29) is 17.6 Å². The van der Waals surface area contributed by atoms with Crippen LogP contribution in [0, 0.1) is 0 Å². The molecule has 1 aliphatic carbocycles. The van der Waals surface area contributed by atoms with Crippen LogP contribution in [0.25, 0.3) is 0 Å². The third-order valence-electron chi connectivity index (χ3n) is 5.38. The van der Waals surface area contributed by atoms with Gasteiger partial charge in [0.2, 0.25) is 0 Å². The molecule has 2 heterocycles. The first kappa shape index (κ1) is 19.5. The number of pyridine rings is 1. The molecule has 6 heteroatoms. The molecule has 0 spiro atoms. The summed E-state index contributed by atoms with van der Waals surface area (Å²) in [5, 5.41) is 6.23. The summed E-state index contributed by atoms with van der Waals surface area (Å²) in [7, 11) is 0. The molecule has 1 aromatic heterocycles. The van der Waals surface area contributed by atoms with Crippen molar-refractivity contribution in [3.8, 4) is 0 Å². The van der Waals surface area contributed by atoms with Crippen molar-refractivity contribution < 1.29 is 9.59 Å². The van der Waals surface area contributed by atoms with Gasteiger partial charge in [0.1, 0.15) is 5.82 Å². The number of aromatic nitrogens is 1. The van der Waals surface area contributed by atoms with Crippen molar-refractivity contribution in [2.45, 2.75) is 37.0 Å². The second-order valence-corrected chi connectivity index (χ2v) is 8.09. The van der Waals surface area contributed by atoms with Crippen molar-refractivity contribution in [3.63, 3.8) is 0 Å². The zero-order valence-corrected chi connectivity index (χ0v) is 17.3. The van der Waals surface area contributed by atoms with Gasteiger partial charge in [0, 0.05) is 46.0 Å². The lowest BCUT2D eigenvalue weighted by Crippen LogP contribution is -2.35. The molecule has 0 saturated heterocycles. The zero-order chi connectivity index (χ0) is 20.4. The van der Waals surface area contributed by atoms with Gasteiger partial charge < -0.3 is 10.6 Å². The van der Waals surface area contributed by atoms with Crippen molar-refractivity contribution in [2.75, 3.05) is 11.6 Å². The fourth-order valence-corrected chi connectivity index (χ4v) is 4.44. The molecule has 4 rings (SSSR count). The second kappa shape index (κ2) is 8.25. The number of carbonyl (C=O) groups excluding carboxylic acids is 2. The molecule has 29 heavy (non-hydrogen) atoms. The summed E-state index contributed by atoms with van der Waals surface area (Å²) in [6.07, 6.45) is 5.85. The summed E-state index contributed by atoms with van der Waals surface area (Å²) in [4.78, 5) is 31.5. The Hall–Kier alpha value is -2.86. The van der Waals surface area contributed by atoms with Gasteiger partial charge in [-0.2, -0.15) is 0 Å². The number of ketones is 1. The van der Waals surface area contributed by atoms with Crippen LogP contribution < -0.4 is 10.6 Å². The number of carbonyl (C=O) groups is 2. The number of nitrogens with one attached hydrogen (secondary N) is 2. The fraction of sp³-hybridized carbons (Fsp3) is 0.261. The molecule has 0 bridgehead atoms. The highest BCUT2D eigenvalue weighted by molar-refractivity contribution is 7.98. The van der Waals surface area contributed by atoms with Gasteiger partial charge in [-0.05, 0) is 55.9 Å². The Morgan fingerprint density at radius 2 is 1.97 bits per heavy atom. The smallest absolute Gasteiger partial charge is 0.255 e. The molecular weight excluding hydrogens is 382 g/mol. The first-order valence-electron chi connectivity index (χ1n) is 9.69. The Morgan fingerprint density at radius 1 is 1.17 bits per heavy atom. The lowest BCUT2D eigenvalue weighted by Gasteiger charge is -2.34. The predicted octanol–water partition coefficient (Wildman–Crippen LogP) is 4.41. The van der Waals surface area contributed by atoms with Gasteiger partial charge >= 0.3 is 0 Å². The summed E-state index contributed by atoms with van der Waals surface area (Å²) in [5.74, 6) is -0.00593. The number of hydrogen-bond donors (Lipinski definition) is 2. The summed E-state index contributed by atoms with van der Waals surface area (Å²) in [5.41, 5.74) is 3.99. The number of anilines is 1. The van der Waals surface area contributed by atoms with Gasteiger partial charge in [-0.3, -0.25) is 9.59 Å². The van der Waals surface area contributed by atoms with Crippen LogP contribution >= 0.6 is 11.8 Å². The lowest BCUT2D eigenvalue weighted by atomic mass is 9.75. The highest BCUT2D eigenvalue weighted by Gasteiger charge is 2.38. The van der Waals surface area contributed by atoms with Gasteiger partial charge in [-0.25, -0.2) is 4.98 Å². The summed E-state index contributed by atoms with van der Waals surface area (Å²) in [6.45, 7) is 1.90. The standard InChI is InChI=1S/C23H23N3O2S/c1-14-20(23(28)26-19-8-3-4-13-24-19)21(15-9-11-16(29-2)12-10-15)22-17(25-14)6-5-7-18(22)27/h3-4,8-13,21,25H,5-7H2,1-2H3,(H,24,26,28)/t21-/m0/s1. The summed E-state index contributed by atoms with van der Waals surface area (Å²) in [6, 6.07) is 13.5. The Balaban J connectivity index is 1.78. The lowest BCUT2D eigenvalue weighted by molar-refractivity contribution is -0.116. The number of hydrogen-bond acceptors (Lipinski definition) is 5. The van der Waals surface area contributed by atoms with Crippen LogP contribution in [0.1, 0.15) is 37.7 Å². The minimum absolute atomic E-state index is 0.119. The van der Waals surface area contributed by atoms with Gasteiger partial charge in [-0.1, -0.05) is 18.2 Å². The number of rotatable bonds is 4. The van der Waals surface area contributed by atoms with Crippen LogP contribution in [0.15, 0.2) is 76.1 Å². The average molecular weight is 406 g/mol. The van der Waals surface area contributed by atoms with Crippen LogP contribution in [0.3, 0.4) is 0 Å². The van der Waals surface area contributed by atoms with Crippen LogP contribution in [-0.2, 0) is 9.59 Å². The van der Waals surface area contributed by atoms with Crippen LogP contribution in [0.2, 0.25) is 0 Å². The molecule has 1 atom stereocenters. The molecule has 1 aliphatic heterocycles. The number of benzene rings is 1. The number of allylic oxidation sites excluding steroid dienone is 3. The summed E-state index contributed by atoms with van der Waals surface area (Å²) < 4.78 is 0. The number of thioether (sulfide) groups is 1. The van der Waals surface area contributed by atoms with Crippen LogP contribution in [0.4, 0.5) is 5.82 Å². The van der Waals surface area contributed by atoms with E-state index in [4.69, 9.17) is 0 Å². The zero-order valence-electron chi connectivity index (χ0n) is 16.5. The fourth-order valence-electron chi connectivity index (χ4n) is 4.03. The maximum Gasteiger partial charge on any atom is 0.255 e. The Kier molecular flexibility index (Phi) is 5.53. The first-order chi connectivity index (χ1) is 14.1. The molecule has 5 nitrogen and oxygen atoms in total. The molecular formula is C23H23N3O2S. The van der Waals surface area contributed by atoms with Gasteiger partial charge in [0.05, 0.1) is 0 Å². The van der Waals surface area contributed by atoms with E-state index in [0.717, 1.165) is 40.3 Å². The molecule has 0 radical (unpaired) electrons. The Labute approximate surface area is 174 Å². The van der Waals surface area contributed by atoms with E-state index in [9.17, 15) is 9.59 Å². The third kappa shape index (κ3) is 3.85. The topological polar surface area (TPSA) is 71.1 Å². The predicted molar refractivity (Wildman–Crippen MR) is 116 cm³/mol. The minimum Gasteiger partial charge on any atom is -0.362 e. The largest absolute Gasteiger partial charge is 0.362 e. The van der Waals surface area contributed by atoms with E-state index in [2.05, 4.69) is 15.6 Å². The maximum absolute atomic E-state index is 13.3. The number of nitrogens with zero attached hydrogens (tertiary/aromatic N) is 1. The molecule has 0 saturated carbocycles. The molecule has 2 aromatic rings. The first-order valence-corrected chi connectivity index (χ1v) is 10.9. The molecule has 148 valence electrons. The molecule has 1 aromatic carbocycles. The summed E-state index contributed by atoms with van der Waals surface area (Å²) >= 11 is 1.67. The minimum atomic E-state index is -0.376. The maximum atomic E-state index is 13.3. The SMILES string of the molecule is CSc1ccc([C@H]2C(C(=O)Nc3ccccn3)=C(C)NC3=C2C(=O)CCC3)cc1. The molecule has 2 aliphatic rings. The average Bonchev–Trinajstić information content (AvgIpc) is 2.73. The van der Waals surface area contributed by atoms with Crippen molar-refractivity contribution in [2.24, 2.45) is 0 Å². The molecule has 2 N–H and O–H groups in total. The van der Waals surface area contributed by atoms with Crippen molar-refractivity contribution in [3.05, 3.63) is 76.8 Å². The number of dihydropyridines is 1. The van der Waals surface area contributed by atoms with E-state index in [1.54, 1.807) is 30.1 Å². The van der Waals surface area contributed by atoms with Crippen molar-refractivity contribution in [1.29, 1.82) is 0 Å². The van der Waals surface area contributed by atoms with E-state index >= 15 is 0 Å². The number of Topliss-reactive ketones (excluding diaryl/α,β-unsaturated/α-hetero) is 1. The number of amides is 1. The van der Waals surface area contributed by atoms with E-state index < -0.39 is 0 Å².